The highest BCUT2D eigenvalue weighted by atomic mass is 32.2. The summed E-state index contributed by atoms with van der Waals surface area (Å²) < 4.78 is 67.3. The van der Waals surface area contributed by atoms with Crippen LogP contribution >= 0.6 is 0 Å². The van der Waals surface area contributed by atoms with Gasteiger partial charge in [-0.2, -0.15) is 21.6 Å². The quantitative estimate of drug-likeness (QED) is 0.119. The first kappa shape index (κ1) is 26.0. The Bertz CT molecular complexity index is 2230. The zero-order valence-corrected chi connectivity index (χ0v) is 22.7. The van der Waals surface area contributed by atoms with Gasteiger partial charge in [0.1, 0.15) is 5.75 Å². The van der Waals surface area contributed by atoms with Crippen LogP contribution in [-0.4, -0.2) is 13.9 Å². The highest BCUT2D eigenvalue weighted by molar-refractivity contribution is 7.88. The van der Waals surface area contributed by atoms with Gasteiger partial charge in [0, 0.05) is 0 Å². The maximum absolute atomic E-state index is 13.1. The van der Waals surface area contributed by atoms with E-state index in [9.17, 15) is 21.6 Å². The Balaban J connectivity index is 1.56. The molecule has 0 saturated carbocycles. The molecule has 0 aromatic heterocycles. The summed E-state index contributed by atoms with van der Waals surface area (Å²) in [6.45, 7) is 0. The molecule has 7 heteroatoms. The summed E-state index contributed by atoms with van der Waals surface area (Å²) >= 11 is 0. The largest absolute Gasteiger partial charge is 0.534 e. The fourth-order valence-electron chi connectivity index (χ4n) is 5.85. The lowest BCUT2D eigenvalue weighted by atomic mass is 9.84. The minimum Gasteiger partial charge on any atom is -0.376 e. The van der Waals surface area contributed by atoms with E-state index in [0.29, 0.717) is 5.39 Å². The molecule has 7 aromatic carbocycles. The van der Waals surface area contributed by atoms with Gasteiger partial charge < -0.3 is 4.18 Å². The standard InChI is InChI=1S/C35H21F3O3S/c36-35(37,38)42(39,40)41-24-20-19-23-11-8-18-31(32(23)21-24)34-29-15-5-3-13-27(29)33(28-14-4-6-16-30(28)34)26-17-7-10-22-9-1-2-12-25(22)26/h1-21H. The second-order valence-electron chi connectivity index (χ2n) is 10.0. The van der Waals surface area contributed by atoms with Crippen LogP contribution in [0.1, 0.15) is 0 Å². The number of fused-ring (bicyclic) bond motifs is 4. The zero-order chi connectivity index (χ0) is 29.1. The molecule has 3 nitrogen and oxygen atoms in total. The minimum absolute atomic E-state index is 0.409. The van der Waals surface area contributed by atoms with E-state index in [1.54, 1.807) is 6.07 Å². The van der Waals surface area contributed by atoms with Crippen molar-refractivity contribution in [1.82, 2.24) is 0 Å². The molecule has 0 N–H and O–H groups in total. The second kappa shape index (κ2) is 9.60. The molecule has 0 aliphatic rings. The number of hydrogen-bond acceptors (Lipinski definition) is 3. The summed E-state index contributed by atoms with van der Waals surface area (Å²) in [6, 6.07) is 40.4. The van der Waals surface area contributed by atoms with E-state index in [2.05, 4.69) is 46.6 Å². The number of hydrogen-bond donors (Lipinski definition) is 0. The van der Waals surface area contributed by atoms with E-state index >= 15 is 0 Å². The molecular formula is C35H21F3O3S. The highest BCUT2D eigenvalue weighted by Crippen LogP contribution is 2.46. The second-order valence-corrected chi connectivity index (χ2v) is 11.6. The third kappa shape index (κ3) is 4.16. The van der Waals surface area contributed by atoms with Crippen LogP contribution < -0.4 is 4.18 Å². The van der Waals surface area contributed by atoms with Crippen molar-refractivity contribution in [3.05, 3.63) is 127 Å². The monoisotopic (exact) mass is 578 g/mol. The Kier molecular flexibility index (Phi) is 5.95. The van der Waals surface area contributed by atoms with Crippen LogP contribution in [0.2, 0.25) is 0 Å². The number of rotatable bonds is 4. The lowest BCUT2D eigenvalue weighted by molar-refractivity contribution is -0.0500. The normalized spacial score (nSPS) is 12.4. The number of alkyl halides is 3. The summed E-state index contributed by atoms with van der Waals surface area (Å²) in [4.78, 5) is 0. The Morgan fingerprint density at radius 1 is 0.476 bits per heavy atom. The minimum atomic E-state index is -5.82. The molecule has 0 spiro atoms. The van der Waals surface area contributed by atoms with Gasteiger partial charge in [-0.3, -0.25) is 0 Å². The first-order valence-electron chi connectivity index (χ1n) is 13.2. The summed E-state index contributed by atoms with van der Waals surface area (Å²) in [5.74, 6) is -0.409. The van der Waals surface area contributed by atoms with E-state index in [1.807, 2.05) is 66.7 Å². The Labute approximate surface area is 239 Å². The Morgan fingerprint density at radius 3 is 1.43 bits per heavy atom. The average Bonchev–Trinajstić information content (AvgIpc) is 2.99. The summed E-state index contributed by atoms with van der Waals surface area (Å²) in [7, 11) is -5.82. The molecule has 7 rings (SSSR count). The van der Waals surface area contributed by atoms with Gasteiger partial charge in [-0.15, -0.1) is 0 Å². The SMILES string of the molecule is O=S(=O)(Oc1ccc2cccc(-c3c4ccccc4c(-c4cccc5ccccc45)c4ccccc34)c2c1)C(F)(F)F. The van der Waals surface area contributed by atoms with Crippen LogP contribution in [0.25, 0.3) is 65.3 Å². The third-order valence-electron chi connectivity index (χ3n) is 7.60. The number of benzene rings is 7. The van der Waals surface area contributed by atoms with E-state index in [0.717, 1.165) is 60.0 Å². The zero-order valence-electron chi connectivity index (χ0n) is 21.9. The lowest BCUT2D eigenvalue weighted by Gasteiger charge is -2.20. The van der Waals surface area contributed by atoms with Crippen molar-refractivity contribution in [3.8, 4) is 28.0 Å². The van der Waals surface area contributed by atoms with Gasteiger partial charge in [-0.25, -0.2) is 0 Å². The molecule has 7 aromatic rings. The van der Waals surface area contributed by atoms with Crippen LogP contribution in [0.3, 0.4) is 0 Å². The van der Waals surface area contributed by atoms with Gasteiger partial charge in [0.15, 0.2) is 0 Å². The predicted molar refractivity (Wildman–Crippen MR) is 163 cm³/mol. The first-order valence-corrected chi connectivity index (χ1v) is 14.6. The Hall–Kier alpha value is -4.88. The Morgan fingerprint density at radius 2 is 0.905 bits per heavy atom. The average molecular weight is 579 g/mol. The van der Waals surface area contributed by atoms with Crippen LogP contribution in [0.4, 0.5) is 13.2 Å². The molecule has 0 bridgehead atoms. The fraction of sp³-hybridized carbons (Fsp3) is 0.0286. The van der Waals surface area contributed by atoms with E-state index in [4.69, 9.17) is 0 Å². The van der Waals surface area contributed by atoms with Gasteiger partial charge >= 0.3 is 15.6 Å². The molecule has 0 atom stereocenters. The lowest BCUT2D eigenvalue weighted by Crippen LogP contribution is -2.28. The van der Waals surface area contributed by atoms with Gasteiger partial charge in [0.05, 0.1) is 0 Å². The van der Waals surface area contributed by atoms with Crippen molar-refractivity contribution < 1.29 is 25.8 Å². The molecule has 0 unspecified atom stereocenters. The van der Waals surface area contributed by atoms with Gasteiger partial charge in [-0.1, -0.05) is 115 Å². The van der Waals surface area contributed by atoms with Crippen LogP contribution in [0.5, 0.6) is 5.75 Å². The summed E-state index contributed by atoms with van der Waals surface area (Å²) in [5, 5.41) is 7.51. The van der Waals surface area contributed by atoms with Gasteiger partial charge in [0.25, 0.3) is 0 Å². The molecule has 0 heterocycles. The smallest absolute Gasteiger partial charge is 0.376 e. The molecule has 0 aliphatic heterocycles. The van der Waals surface area contributed by atoms with E-state index in [-0.39, 0.29) is 0 Å². The molecule has 0 saturated heterocycles. The van der Waals surface area contributed by atoms with E-state index in [1.165, 1.54) is 12.1 Å². The maximum Gasteiger partial charge on any atom is 0.534 e. The third-order valence-corrected chi connectivity index (χ3v) is 8.58. The molecule has 206 valence electrons. The first-order chi connectivity index (χ1) is 20.2. The predicted octanol–water partition coefficient (Wildman–Crippen LogP) is 9.86. The van der Waals surface area contributed by atoms with Crippen molar-refractivity contribution >= 4 is 53.2 Å². The number of halogens is 3. The highest BCUT2D eigenvalue weighted by Gasteiger charge is 2.48. The molecular weight excluding hydrogens is 557 g/mol. The van der Waals surface area contributed by atoms with E-state index < -0.39 is 21.4 Å². The summed E-state index contributed by atoms with van der Waals surface area (Å²) in [6.07, 6.45) is 0. The van der Waals surface area contributed by atoms with Crippen molar-refractivity contribution in [2.24, 2.45) is 0 Å². The van der Waals surface area contributed by atoms with Gasteiger partial charge in [0.2, 0.25) is 0 Å². The van der Waals surface area contributed by atoms with Crippen molar-refractivity contribution in [3.63, 3.8) is 0 Å². The summed E-state index contributed by atoms with van der Waals surface area (Å²) in [5.41, 5.74) is -1.71. The van der Waals surface area contributed by atoms with Crippen molar-refractivity contribution in [1.29, 1.82) is 0 Å². The fourth-order valence-corrected chi connectivity index (χ4v) is 6.30. The molecule has 0 fully saturated rings. The molecule has 42 heavy (non-hydrogen) atoms. The molecule has 0 aliphatic carbocycles. The molecule has 0 amide bonds. The van der Waals surface area contributed by atoms with Crippen LogP contribution in [0, 0.1) is 0 Å². The van der Waals surface area contributed by atoms with Crippen LogP contribution in [-0.2, 0) is 10.1 Å². The maximum atomic E-state index is 13.1. The van der Waals surface area contributed by atoms with Gasteiger partial charge in [-0.05, 0) is 77.5 Å². The van der Waals surface area contributed by atoms with Crippen molar-refractivity contribution in [2.75, 3.05) is 0 Å². The van der Waals surface area contributed by atoms with Crippen molar-refractivity contribution in [2.45, 2.75) is 5.51 Å². The molecule has 0 radical (unpaired) electrons. The van der Waals surface area contributed by atoms with Crippen LogP contribution in [0.15, 0.2) is 127 Å². The topological polar surface area (TPSA) is 43.4 Å².